The number of nitrogens with one attached hydrogen (secondary N) is 1. The number of halogens is 1. The number of aromatic nitrogens is 5. The van der Waals surface area contributed by atoms with Gasteiger partial charge in [-0.3, -0.25) is 4.68 Å². The Morgan fingerprint density at radius 1 is 1.37 bits per heavy atom. The minimum absolute atomic E-state index is 0.341. The molecule has 102 valence electrons. The third kappa shape index (κ3) is 4.15. The van der Waals surface area contributed by atoms with E-state index in [-0.39, 0.29) is 0 Å². The Hall–Kier alpha value is -1.73. The fourth-order valence-electron chi connectivity index (χ4n) is 1.45. The maximum absolute atomic E-state index is 5.93. The lowest BCUT2D eigenvalue weighted by atomic mass is 10.5. The van der Waals surface area contributed by atoms with Gasteiger partial charge in [0.15, 0.2) is 11.6 Å². The van der Waals surface area contributed by atoms with Crippen molar-refractivity contribution in [1.82, 2.24) is 24.7 Å². The van der Waals surface area contributed by atoms with E-state index in [4.69, 9.17) is 16.3 Å². The van der Waals surface area contributed by atoms with E-state index in [1.165, 1.54) is 0 Å². The zero-order valence-electron chi connectivity index (χ0n) is 10.8. The highest BCUT2D eigenvalue weighted by Crippen LogP contribution is 2.12. The summed E-state index contributed by atoms with van der Waals surface area (Å²) in [5, 5.41) is 7.64. The van der Waals surface area contributed by atoms with Crippen molar-refractivity contribution in [3.8, 4) is 0 Å². The van der Waals surface area contributed by atoms with Crippen LogP contribution in [0.2, 0.25) is 5.15 Å². The van der Waals surface area contributed by atoms with Crippen molar-refractivity contribution < 1.29 is 4.74 Å². The minimum Gasteiger partial charge on any atom is -0.374 e. The van der Waals surface area contributed by atoms with E-state index >= 15 is 0 Å². The van der Waals surface area contributed by atoms with E-state index in [0.29, 0.717) is 42.4 Å². The van der Waals surface area contributed by atoms with Gasteiger partial charge >= 0.3 is 0 Å². The van der Waals surface area contributed by atoms with Crippen LogP contribution in [0.15, 0.2) is 12.4 Å². The van der Waals surface area contributed by atoms with Crippen molar-refractivity contribution in [1.29, 1.82) is 0 Å². The summed E-state index contributed by atoms with van der Waals surface area (Å²) >= 11 is 5.93. The maximum atomic E-state index is 5.93. The van der Waals surface area contributed by atoms with Crippen LogP contribution < -0.4 is 5.32 Å². The van der Waals surface area contributed by atoms with E-state index in [1.807, 2.05) is 14.0 Å². The van der Waals surface area contributed by atoms with Crippen LogP contribution in [-0.4, -0.2) is 31.3 Å². The summed E-state index contributed by atoms with van der Waals surface area (Å²) in [6.45, 7) is 3.34. The van der Waals surface area contributed by atoms with Crippen molar-refractivity contribution in [3.05, 3.63) is 29.2 Å². The molecular formula is C11H15ClN6O. The Bertz CT molecular complexity index is 544. The van der Waals surface area contributed by atoms with Crippen molar-refractivity contribution in [3.63, 3.8) is 0 Å². The molecule has 0 aliphatic carbocycles. The molecule has 8 heteroatoms. The van der Waals surface area contributed by atoms with Gasteiger partial charge in [-0.15, -0.1) is 0 Å². The molecule has 2 aromatic heterocycles. The van der Waals surface area contributed by atoms with Gasteiger partial charge in [-0.25, -0.2) is 15.0 Å². The standard InChI is InChI=1S/C11H15ClN6O/c1-3-19-6-11-15-8(12)4-9(16-11)13-5-10-14-7-18(2)17-10/h4,7H,3,5-6H2,1-2H3,(H,13,15,16). The molecule has 0 radical (unpaired) electrons. The quantitative estimate of drug-likeness (QED) is 0.807. The molecule has 0 amide bonds. The second-order valence-corrected chi connectivity index (χ2v) is 4.20. The molecule has 0 bridgehead atoms. The van der Waals surface area contributed by atoms with Gasteiger partial charge in [0, 0.05) is 19.7 Å². The molecule has 0 spiro atoms. The number of rotatable bonds is 6. The molecule has 0 aliphatic rings. The molecule has 1 N–H and O–H groups in total. The molecule has 0 fully saturated rings. The zero-order chi connectivity index (χ0) is 13.7. The van der Waals surface area contributed by atoms with Crippen molar-refractivity contribution in [2.45, 2.75) is 20.1 Å². The van der Waals surface area contributed by atoms with Crippen LogP contribution in [0, 0.1) is 0 Å². The molecule has 19 heavy (non-hydrogen) atoms. The number of hydrogen-bond acceptors (Lipinski definition) is 6. The molecule has 0 aliphatic heterocycles. The van der Waals surface area contributed by atoms with Crippen molar-refractivity contribution in [2.75, 3.05) is 11.9 Å². The minimum atomic E-state index is 0.341. The molecule has 0 unspecified atom stereocenters. The fourth-order valence-corrected chi connectivity index (χ4v) is 1.65. The third-order valence-electron chi connectivity index (χ3n) is 2.25. The lowest BCUT2D eigenvalue weighted by molar-refractivity contribution is 0.128. The molecule has 2 rings (SSSR count). The van der Waals surface area contributed by atoms with Crippen LogP contribution >= 0.6 is 11.6 Å². The first-order chi connectivity index (χ1) is 9.17. The summed E-state index contributed by atoms with van der Waals surface area (Å²) in [4.78, 5) is 12.5. The highest BCUT2D eigenvalue weighted by atomic mass is 35.5. The molecule has 2 aromatic rings. The SMILES string of the molecule is CCOCc1nc(Cl)cc(NCc2ncn(C)n2)n1. The average Bonchev–Trinajstić information content (AvgIpc) is 2.79. The summed E-state index contributed by atoms with van der Waals surface area (Å²) in [6, 6.07) is 1.65. The largest absolute Gasteiger partial charge is 0.374 e. The fraction of sp³-hybridized carbons (Fsp3) is 0.455. The van der Waals surface area contributed by atoms with Gasteiger partial charge in [-0.2, -0.15) is 5.10 Å². The average molecular weight is 283 g/mol. The molecule has 0 saturated carbocycles. The topological polar surface area (TPSA) is 77.8 Å². The molecule has 0 aromatic carbocycles. The summed E-state index contributed by atoms with van der Waals surface area (Å²) in [6.07, 6.45) is 1.64. The Balaban J connectivity index is 2.01. The van der Waals surface area contributed by atoms with Crippen LogP contribution in [0.3, 0.4) is 0 Å². The van der Waals surface area contributed by atoms with Crippen LogP contribution in [0.4, 0.5) is 5.82 Å². The summed E-state index contributed by atoms with van der Waals surface area (Å²) in [5.74, 6) is 1.86. The smallest absolute Gasteiger partial charge is 0.169 e. The van der Waals surface area contributed by atoms with Crippen LogP contribution in [0.5, 0.6) is 0 Å². The number of ether oxygens (including phenoxy) is 1. The van der Waals surface area contributed by atoms with E-state index in [2.05, 4.69) is 25.4 Å². The lowest BCUT2D eigenvalue weighted by Gasteiger charge is -2.06. The first-order valence-electron chi connectivity index (χ1n) is 5.87. The Morgan fingerprint density at radius 2 is 2.21 bits per heavy atom. The van der Waals surface area contributed by atoms with Gasteiger partial charge in [0.05, 0.1) is 6.54 Å². The number of aryl methyl sites for hydroxylation is 1. The predicted octanol–water partition coefficient (Wildman–Crippen LogP) is 1.41. The highest BCUT2D eigenvalue weighted by Gasteiger charge is 2.05. The van der Waals surface area contributed by atoms with Gasteiger partial charge < -0.3 is 10.1 Å². The van der Waals surface area contributed by atoms with Gasteiger partial charge in [0.1, 0.15) is 23.9 Å². The summed E-state index contributed by atoms with van der Waals surface area (Å²) < 4.78 is 6.90. The highest BCUT2D eigenvalue weighted by molar-refractivity contribution is 6.29. The number of nitrogens with zero attached hydrogens (tertiary/aromatic N) is 5. The normalized spacial score (nSPS) is 10.7. The molecule has 0 saturated heterocycles. The number of anilines is 1. The lowest BCUT2D eigenvalue weighted by Crippen LogP contribution is -2.07. The predicted molar refractivity (Wildman–Crippen MR) is 70.7 cm³/mol. The van der Waals surface area contributed by atoms with E-state index in [1.54, 1.807) is 17.1 Å². The second kappa shape index (κ2) is 6.44. The maximum Gasteiger partial charge on any atom is 0.169 e. The third-order valence-corrected chi connectivity index (χ3v) is 2.44. The molecule has 7 nitrogen and oxygen atoms in total. The van der Waals surface area contributed by atoms with E-state index < -0.39 is 0 Å². The monoisotopic (exact) mass is 282 g/mol. The van der Waals surface area contributed by atoms with Crippen LogP contribution in [0.25, 0.3) is 0 Å². The number of hydrogen-bond donors (Lipinski definition) is 1. The van der Waals surface area contributed by atoms with Gasteiger partial charge in [0.25, 0.3) is 0 Å². The van der Waals surface area contributed by atoms with Crippen molar-refractivity contribution >= 4 is 17.4 Å². The molecule has 0 atom stereocenters. The summed E-state index contributed by atoms with van der Waals surface area (Å²) in [7, 11) is 1.82. The van der Waals surface area contributed by atoms with Gasteiger partial charge in [-0.05, 0) is 6.92 Å². The second-order valence-electron chi connectivity index (χ2n) is 3.82. The van der Waals surface area contributed by atoms with Crippen LogP contribution in [-0.2, 0) is 24.9 Å². The Labute approximate surface area is 116 Å². The first-order valence-corrected chi connectivity index (χ1v) is 6.24. The van der Waals surface area contributed by atoms with Gasteiger partial charge in [0.2, 0.25) is 0 Å². The zero-order valence-corrected chi connectivity index (χ0v) is 11.6. The summed E-state index contributed by atoms with van der Waals surface area (Å²) in [5.41, 5.74) is 0. The Kier molecular flexibility index (Phi) is 4.64. The Morgan fingerprint density at radius 3 is 2.89 bits per heavy atom. The van der Waals surface area contributed by atoms with Crippen LogP contribution in [0.1, 0.15) is 18.6 Å². The molecule has 2 heterocycles. The molecular weight excluding hydrogens is 268 g/mol. The van der Waals surface area contributed by atoms with E-state index in [0.717, 1.165) is 0 Å². The van der Waals surface area contributed by atoms with Gasteiger partial charge in [-0.1, -0.05) is 11.6 Å². The van der Waals surface area contributed by atoms with Crippen molar-refractivity contribution in [2.24, 2.45) is 7.05 Å². The van der Waals surface area contributed by atoms with E-state index in [9.17, 15) is 0 Å². The first kappa shape index (κ1) is 13.7.